The summed E-state index contributed by atoms with van der Waals surface area (Å²) in [5, 5.41) is 4.94. The SMILES string of the molecule is c1ccc(-c2ccc(-c3ccc(N(c4ccccc4)c4cc(-c5ccc6ccccc6c5)ccc4-c4ccc5ccccc5c4)cc3)cc2-c2ccccc2)cc1. The maximum atomic E-state index is 2.41. The molecule has 0 N–H and O–H groups in total. The first-order valence-corrected chi connectivity index (χ1v) is 19.6. The van der Waals surface area contributed by atoms with E-state index in [1.165, 1.54) is 77.2 Å². The summed E-state index contributed by atoms with van der Waals surface area (Å²) in [6.07, 6.45) is 0. The molecular weight excluding hydrogens is 687 g/mol. The van der Waals surface area contributed by atoms with Crippen molar-refractivity contribution in [1.29, 1.82) is 0 Å². The molecule has 0 amide bonds. The summed E-state index contributed by atoms with van der Waals surface area (Å²) in [5.74, 6) is 0. The molecule has 0 atom stereocenters. The van der Waals surface area contributed by atoms with Gasteiger partial charge in [0.2, 0.25) is 0 Å². The Labute approximate surface area is 334 Å². The number of rotatable bonds is 8. The minimum atomic E-state index is 1.09. The number of para-hydroxylation sites is 1. The Kier molecular flexibility index (Phi) is 8.95. The van der Waals surface area contributed by atoms with Crippen LogP contribution in [0.4, 0.5) is 17.1 Å². The summed E-state index contributed by atoms with van der Waals surface area (Å²) >= 11 is 0. The van der Waals surface area contributed by atoms with E-state index < -0.39 is 0 Å². The van der Waals surface area contributed by atoms with Crippen molar-refractivity contribution in [2.75, 3.05) is 4.90 Å². The van der Waals surface area contributed by atoms with Crippen molar-refractivity contribution < 1.29 is 0 Å². The lowest BCUT2D eigenvalue weighted by atomic mass is 9.91. The third-order valence-corrected chi connectivity index (χ3v) is 11.0. The van der Waals surface area contributed by atoms with Gasteiger partial charge < -0.3 is 4.90 Å². The van der Waals surface area contributed by atoms with Gasteiger partial charge in [0.1, 0.15) is 0 Å². The highest BCUT2D eigenvalue weighted by molar-refractivity contribution is 5.96. The molecule has 0 bridgehead atoms. The summed E-state index contributed by atoms with van der Waals surface area (Å²) < 4.78 is 0. The molecule has 10 rings (SSSR count). The number of benzene rings is 10. The summed E-state index contributed by atoms with van der Waals surface area (Å²) in [7, 11) is 0. The molecule has 0 aliphatic carbocycles. The van der Waals surface area contributed by atoms with Crippen molar-refractivity contribution in [3.63, 3.8) is 0 Å². The Morgan fingerprint density at radius 2 is 0.632 bits per heavy atom. The first-order valence-electron chi connectivity index (χ1n) is 19.6. The van der Waals surface area contributed by atoms with Crippen LogP contribution in [0.15, 0.2) is 237 Å². The predicted octanol–water partition coefficient (Wildman–Crippen LogP) is 15.8. The zero-order valence-corrected chi connectivity index (χ0v) is 31.5. The molecule has 0 aliphatic rings. The van der Waals surface area contributed by atoms with Crippen molar-refractivity contribution in [1.82, 2.24) is 0 Å². The van der Waals surface area contributed by atoms with Crippen molar-refractivity contribution >= 4 is 38.6 Å². The van der Waals surface area contributed by atoms with Gasteiger partial charge in [-0.1, -0.05) is 188 Å². The van der Waals surface area contributed by atoms with E-state index in [2.05, 4.69) is 241 Å². The van der Waals surface area contributed by atoms with Gasteiger partial charge in [0.05, 0.1) is 5.69 Å². The van der Waals surface area contributed by atoms with Crippen LogP contribution in [0.1, 0.15) is 0 Å². The van der Waals surface area contributed by atoms with Gasteiger partial charge in [0.15, 0.2) is 0 Å². The molecule has 0 radical (unpaired) electrons. The third-order valence-electron chi connectivity index (χ3n) is 11.0. The van der Waals surface area contributed by atoms with Crippen LogP contribution in [0.2, 0.25) is 0 Å². The van der Waals surface area contributed by atoms with Gasteiger partial charge >= 0.3 is 0 Å². The van der Waals surface area contributed by atoms with E-state index in [1.807, 2.05) is 0 Å². The van der Waals surface area contributed by atoms with Gasteiger partial charge in [-0.25, -0.2) is 0 Å². The number of nitrogens with zero attached hydrogens (tertiary/aromatic N) is 1. The molecule has 0 saturated heterocycles. The molecule has 1 nitrogen and oxygen atoms in total. The van der Waals surface area contributed by atoms with Crippen molar-refractivity contribution in [3.8, 4) is 55.6 Å². The normalized spacial score (nSPS) is 11.2. The fraction of sp³-hybridized carbons (Fsp3) is 0. The highest BCUT2D eigenvalue weighted by Crippen LogP contribution is 2.44. The molecule has 0 unspecified atom stereocenters. The Morgan fingerprint density at radius 3 is 1.26 bits per heavy atom. The van der Waals surface area contributed by atoms with Crippen LogP contribution in [-0.2, 0) is 0 Å². The van der Waals surface area contributed by atoms with Gasteiger partial charge in [0, 0.05) is 16.9 Å². The molecule has 0 fully saturated rings. The molecule has 0 aromatic heterocycles. The molecule has 1 heteroatoms. The smallest absolute Gasteiger partial charge is 0.0546 e. The second-order valence-electron chi connectivity index (χ2n) is 14.6. The zero-order valence-electron chi connectivity index (χ0n) is 31.5. The van der Waals surface area contributed by atoms with Crippen LogP contribution in [0, 0.1) is 0 Å². The Balaban J connectivity index is 1.12. The fourth-order valence-corrected chi connectivity index (χ4v) is 8.12. The monoisotopic (exact) mass is 725 g/mol. The molecule has 57 heavy (non-hydrogen) atoms. The van der Waals surface area contributed by atoms with Crippen LogP contribution in [0.3, 0.4) is 0 Å². The van der Waals surface area contributed by atoms with Crippen molar-refractivity contribution in [2.24, 2.45) is 0 Å². The van der Waals surface area contributed by atoms with Crippen molar-refractivity contribution in [2.45, 2.75) is 0 Å². The number of anilines is 3. The quantitative estimate of drug-likeness (QED) is 0.151. The minimum Gasteiger partial charge on any atom is -0.310 e. The maximum absolute atomic E-state index is 2.41. The third kappa shape index (κ3) is 6.77. The predicted molar refractivity (Wildman–Crippen MR) is 243 cm³/mol. The largest absolute Gasteiger partial charge is 0.310 e. The van der Waals surface area contributed by atoms with Crippen molar-refractivity contribution in [3.05, 3.63) is 237 Å². The maximum Gasteiger partial charge on any atom is 0.0546 e. The average molecular weight is 726 g/mol. The summed E-state index contributed by atoms with van der Waals surface area (Å²) in [6.45, 7) is 0. The highest BCUT2D eigenvalue weighted by atomic mass is 15.1. The minimum absolute atomic E-state index is 1.09. The van der Waals surface area contributed by atoms with E-state index in [4.69, 9.17) is 0 Å². The molecule has 268 valence electrons. The Hall–Kier alpha value is -7.48. The van der Waals surface area contributed by atoms with Crippen LogP contribution in [-0.4, -0.2) is 0 Å². The summed E-state index contributed by atoms with van der Waals surface area (Å²) in [4.78, 5) is 2.41. The lowest BCUT2D eigenvalue weighted by Crippen LogP contribution is -2.11. The fourth-order valence-electron chi connectivity index (χ4n) is 8.12. The molecular formula is C56H39N. The Bertz CT molecular complexity index is 2990. The van der Waals surface area contributed by atoms with Gasteiger partial charge in [-0.05, 0) is 120 Å². The summed E-state index contributed by atoms with van der Waals surface area (Å²) in [6, 6.07) is 85.8. The number of hydrogen-bond donors (Lipinski definition) is 0. The molecule has 0 aliphatic heterocycles. The van der Waals surface area contributed by atoms with E-state index in [0.717, 1.165) is 17.1 Å². The van der Waals surface area contributed by atoms with E-state index in [1.54, 1.807) is 0 Å². The van der Waals surface area contributed by atoms with Crippen LogP contribution in [0.5, 0.6) is 0 Å². The molecule has 10 aromatic rings. The first kappa shape index (κ1) is 34.0. The highest BCUT2D eigenvalue weighted by Gasteiger charge is 2.19. The van der Waals surface area contributed by atoms with Crippen LogP contribution < -0.4 is 4.90 Å². The van der Waals surface area contributed by atoms with E-state index in [-0.39, 0.29) is 0 Å². The topological polar surface area (TPSA) is 3.24 Å². The van der Waals surface area contributed by atoms with Gasteiger partial charge in [-0.2, -0.15) is 0 Å². The van der Waals surface area contributed by atoms with Gasteiger partial charge in [-0.15, -0.1) is 0 Å². The Morgan fingerprint density at radius 1 is 0.211 bits per heavy atom. The average Bonchev–Trinajstić information content (AvgIpc) is 3.30. The molecule has 0 spiro atoms. The van der Waals surface area contributed by atoms with Crippen LogP contribution >= 0.6 is 0 Å². The zero-order chi connectivity index (χ0) is 38.0. The first-order chi connectivity index (χ1) is 28.2. The molecule has 10 aromatic carbocycles. The van der Waals surface area contributed by atoms with E-state index in [9.17, 15) is 0 Å². The van der Waals surface area contributed by atoms with Crippen LogP contribution in [0.25, 0.3) is 77.2 Å². The van der Waals surface area contributed by atoms with Gasteiger partial charge in [0.25, 0.3) is 0 Å². The van der Waals surface area contributed by atoms with E-state index >= 15 is 0 Å². The second kappa shape index (κ2) is 15.0. The molecule has 0 saturated carbocycles. The van der Waals surface area contributed by atoms with E-state index in [0.29, 0.717) is 0 Å². The summed E-state index contributed by atoms with van der Waals surface area (Å²) in [5.41, 5.74) is 15.2. The number of fused-ring (bicyclic) bond motifs is 2. The second-order valence-corrected chi connectivity index (χ2v) is 14.6. The molecule has 0 heterocycles. The number of hydrogen-bond acceptors (Lipinski definition) is 1. The lowest BCUT2D eigenvalue weighted by molar-refractivity contribution is 1.28. The standard InChI is InChI=1S/C56H39N/c1-4-16-43(17-5-1)53-34-30-48(38-55(53)44-18-6-2-7-19-44)42-28-32-52(33-29-42)57(51-22-8-3-9-23-51)56-39-49(47-26-24-40-14-10-12-20-45(40)36-47)31-35-54(56)50-27-25-41-15-11-13-21-46(41)37-50/h1-39H. The van der Waals surface area contributed by atoms with Gasteiger partial charge in [-0.3, -0.25) is 0 Å². The lowest BCUT2D eigenvalue weighted by Gasteiger charge is -2.29.